The standard InChI is InChI=1S/C11H14N4O/c12-10-2-8-6-1-7(5-15(4-6)14-16)9(8)3-11(10)13/h2-3,6-7H,1,4-5,12-13H2. The second-order valence-corrected chi connectivity index (χ2v) is 4.69. The van der Waals surface area contributed by atoms with Gasteiger partial charge in [0.1, 0.15) is 0 Å². The number of nitrogen functional groups attached to an aromatic ring is 2. The number of nitrogens with two attached hydrogens (primary N) is 2. The lowest BCUT2D eigenvalue weighted by Gasteiger charge is -2.26. The predicted octanol–water partition coefficient (Wildman–Crippen LogP) is 1.42. The van der Waals surface area contributed by atoms with Crippen molar-refractivity contribution in [2.75, 3.05) is 24.6 Å². The van der Waals surface area contributed by atoms with E-state index < -0.39 is 0 Å². The fourth-order valence-electron chi connectivity index (χ4n) is 2.97. The van der Waals surface area contributed by atoms with Gasteiger partial charge in [-0.3, -0.25) is 5.01 Å². The predicted molar refractivity (Wildman–Crippen MR) is 62.7 cm³/mol. The summed E-state index contributed by atoms with van der Waals surface area (Å²) in [6.07, 6.45) is 1.09. The van der Waals surface area contributed by atoms with Crippen molar-refractivity contribution in [1.29, 1.82) is 0 Å². The number of anilines is 2. The van der Waals surface area contributed by atoms with Gasteiger partial charge in [-0.05, 0) is 29.7 Å². The van der Waals surface area contributed by atoms with Gasteiger partial charge in [-0.2, -0.15) is 0 Å². The minimum Gasteiger partial charge on any atom is -0.397 e. The normalized spacial score (nSPS) is 26.6. The van der Waals surface area contributed by atoms with E-state index in [9.17, 15) is 4.91 Å². The Labute approximate surface area is 93.3 Å². The molecule has 2 aliphatic rings. The number of nitrogens with zero attached hydrogens (tertiary/aromatic N) is 2. The van der Waals surface area contributed by atoms with Crippen molar-refractivity contribution in [2.45, 2.75) is 18.3 Å². The Bertz CT molecular complexity index is 423. The number of benzene rings is 1. The first-order valence-corrected chi connectivity index (χ1v) is 5.46. The number of hydrogen-bond acceptors (Lipinski definition) is 4. The summed E-state index contributed by atoms with van der Waals surface area (Å²) in [6.45, 7) is 1.41. The van der Waals surface area contributed by atoms with E-state index in [0.717, 1.165) is 6.42 Å². The summed E-state index contributed by atoms with van der Waals surface area (Å²) in [4.78, 5) is 10.6. The maximum Gasteiger partial charge on any atom is 0.0550 e. The smallest absolute Gasteiger partial charge is 0.0550 e. The molecule has 0 spiro atoms. The molecule has 2 bridgehead atoms. The topological polar surface area (TPSA) is 84.7 Å². The van der Waals surface area contributed by atoms with Gasteiger partial charge in [0.05, 0.1) is 16.7 Å². The largest absolute Gasteiger partial charge is 0.397 e. The third kappa shape index (κ3) is 1.17. The number of hydrogen-bond donors (Lipinski definition) is 2. The van der Waals surface area contributed by atoms with Crippen molar-refractivity contribution in [3.05, 3.63) is 28.2 Å². The molecule has 1 heterocycles. The molecule has 84 valence electrons. The van der Waals surface area contributed by atoms with Crippen molar-refractivity contribution in [2.24, 2.45) is 5.29 Å². The summed E-state index contributed by atoms with van der Waals surface area (Å²) in [5, 5.41) is 4.64. The molecule has 1 aromatic rings. The van der Waals surface area contributed by atoms with Crippen LogP contribution >= 0.6 is 0 Å². The molecule has 1 aliphatic carbocycles. The SMILES string of the molecule is Nc1cc2c(cc1N)C1CC2CN(N=O)C1. The van der Waals surface area contributed by atoms with Gasteiger partial charge in [0.2, 0.25) is 0 Å². The van der Waals surface area contributed by atoms with Crippen molar-refractivity contribution in [3.8, 4) is 0 Å². The van der Waals surface area contributed by atoms with Crippen LogP contribution in [0.5, 0.6) is 0 Å². The molecule has 1 aliphatic heterocycles. The molecular weight excluding hydrogens is 204 g/mol. The van der Waals surface area contributed by atoms with Gasteiger partial charge in [0.15, 0.2) is 0 Å². The Hall–Kier alpha value is -1.78. The Morgan fingerprint density at radius 2 is 1.62 bits per heavy atom. The van der Waals surface area contributed by atoms with Crippen LogP contribution in [0.25, 0.3) is 0 Å². The van der Waals surface area contributed by atoms with Crippen LogP contribution in [0, 0.1) is 4.91 Å². The number of nitroso groups, excluding NO2 is 1. The van der Waals surface area contributed by atoms with Crippen molar-refractivity contribution in [1.82, 2.24) is 5.01 Å². The highest BCUT2D eigenvalue weighted by molar-refractivity contribution is 5.68. The summed E-state index contributed by atoms with van der Waals surface area (Å²) in [5.41, 5.74) is 15.4. The van der Waals surface area contributed by atoms with Gasteiger partial charge in [-0.15, -0.1) is 4.91 Å². The first-order valence-electron chi connectivity index (χ1n) is 5.46. The van der Waals surface area contributed by atoms with Crippen molar-refractivity contribution < 1.29 is 0 Å². The maximum absolute atomic E-state index is 10.6. The lowest BCUT2D eigenvalue weighted by Crippen LogP contribution is -2.30. The Morgan fingerprint density at radius 3 is 2.06 bits per heavy atom. The summed E-state index contributed by atoms with van der Waals surface area (Å²) in [7, 11) is 0. The average molecular weight is 218 g/mol. The minimum absolute atomic E-state index is 0.384. The van der Waals surface area contributed by atoms with E-state index in [1.54, 1.807) is 5.01 Å². The molecule has 0 amide bonds. The van der Waals surface area contributed by atoms with Crippen molar-refractivity contribution >= 4 is 11.4 Å². The zero-order valence-corrected chi connectivity index (χ0v) is 8.89. The second kappa shape index (κ2) is 3.10. The van der Waals surface area contributed by atoms with Crippen LogP contribution in [0.1, 0.15) is 29.4 Å². The third-order valence-electron chi connectivity index (χ3n) is 3.72. The maximum atomic E-state index is 10.6. The first kappa shape index (κ1) is 9.45. The molecule has 1 saturated heterocycles. The molecule has 1 aromatic carbocycles. The van der Waals surface area contributed by atoms with Crippen LogP contribution in [-0.2, 0) is 0 Å². The van der Waals surface area contributed by atoms with Crippen LogP contribution in [0.3, 0.4) is 0 Å². The minimum atomic E-state index is 0.384. The van der Waals surface area contributed by atoms with Crippen LogP contribution in [0.4, 0.5) is 11.4 Å². The highest BCUT2D eigenvalue weighted by Crippen LogP contribution is 2.47. The van der Waals surface area contributed by atoms with Gasteiger partial charge in [-0.25, -0.2) is 0 Å². The van der Waals surface area contributed by atoms with Gasteiger partial charge >= 0.3 is 0 Å². The molecule has 0 saturated carbocycles. The van der Waals surface area contributed by atoms with E-state index >= 15 is 0 Å². The van der Waals surface area contributed by atoms with E-state index in [1.165, 1.54) is 11.1 Å². The van der Waals surface area contributed by atoms with Crippen molar-refractivity contribution in [3.63, 3.8) is 0 Å². The van der Waals surface area contributed by atoms with Gasteiger partial charge in [0, 0.05) is 24.9 Å². The van der Waals surface area contributed by atoms with Crippen LogP contribution in [-0.4, -0.2) is 18.1 Å². The Morgan fingerprint density at radius 1 is 1.12 bits per heavy atom. The fourth-order valence-corrected chi connectivity index (χ4v) is 2.97. The van der Waals surface area contributed by atoms with Crippen LogP contribution < -0.4 is 11.5 Å². The van der Waals surface area contributed by atoms with E-state index in [4.69, 9.17) is 11.5 Å². The van der Waals surface area contributed by atoms with Gasteiger partial charge in [-0.1, -0.05) is 0 Å². The van der Waals surface area contributed by atoms with E-state index in [1.807, 2.05) is 12.1 Å². The highest BCUT2D eigenvalue weighted by Gasteiger charge is 2.38. The molecular formula is C11H14N4O. The molecule has 4 N–H and O–H groups in total. The molecule has 5 heteroatoms. The van der Waals surface area contributed by atoms with E-state index in [0.29, 0.717) is 36.3 Å². The molecule has 1 fully saturated rings. The molecule has 16 heavy (non-hydrogen) atoms. The van der Waals surface area contributed by atoms with Gasteiger partial charge < -0.3 is 11.5 Å². The van der Waals surface area contributed by atoms with Crippen LogP contribution in [0.2, 0.25) is 0 Å². The van der Waals surface area contributed by atoms with Crippen LogP contribution in [0.15, 0.2) is 17.4 Å². The molecule has 0 radical (unpaired) electrons. The lowest BCUT2D eigenvalue weighted by molar-refractivity contribution is 0.208. The quantitative estimate of drug-likeness (QED) is 0.551. The molecule has 2 atom stereocenters. The van der Waals surface area contributed by atoms with Gasteiger partial charge in [0.25, 0.3) is 0 Å². The highest BCUT2D eigenvalue weighted by atomic mass is 16.3. The molecule has 5 nitrogen and oxygen atoms in total. The number of fused-ring (bicyclic) bond motifs is 5. The number of rotatable bonds is 1. The fraction of sp³-hybridized carbons (Fsp3) is 0.455. The molecule has 2 unspecified atom stereocenters. The molecule has 3 rings (SSSR count). The lowest BCUT2D eigenvalue weighted by atomic mass is 9.97. The monoisotopic (exact) mass is 218 g/mol. The third-order valence-corrected chi connectivity index (χ3v) is 3.72. The van der Waals surface area contributed by atoms with E-state index in [2.05, 4.69) is 5.29 Å². The second-order valence-electron chi connectivity index (χ2n) is 4.69. The summed E-state index contributed by atoms with van der Waals surface area (Å²) in [5.74, 6) is 0.767. The Kier molecular flexibility index (Phi) is 1.83. The zero-order valence-electron chi connectivity index (χ0n) is 8.89. The Balaban J connectivity index is 2.07. The zero-order chi connectivity index (χ0) is 11.3. The average Bonchev–Trinajstić information content (AvgIpc) is 2.52. The summed E-state index contributed by atoms with van der Waals surface area (Å²) in [6, 6.07) is 3.92. The molecule has 0 aromatic heterocycles. The summed E-state index contributed by atoms with van der Waals surface area (Å²) >= 11 is 0. The van der Waals surface area contributed by atoms with E-state index in [-0.39, 0.29) is 0 Å². The first-order chi connectivity index (χ1) is 7.69. The summed E-state index contributed by atoms with van der Waals surface area (Å²) < 4.78 is 0. The number of piperidine rings is 1.